The molecule has 0 fully saturated rings. The molecule has 0 heterocycles. The first kappa shape index (κ1) is 15.7. The second-order valence-corrected chi connectivity index (χ2v) is 5.08. The Kier molecular flexibility index (Phi) is 4.87. The highest BCUT2D eigenvalue weighted by Crippen LogP contribution is 2.19. The average molecular weight is 320 g/mol. The van der Waals surface area contributed by atoms with Gasteiger partial charge in [-0.25, -0.2) is 8.78 Å². The monoisotopic (exact) mass is 320 g/mol. The van der Waals surface area contributed by atoms with Crippen LogP contribution in [0, 0.1) is 11.6 Å². The third-order valence-corrected chi connectivity index (χ3v) is 3.37. The fourth-order valence-electron chi connectivity index (χ4n) is 2.07. The van der Waals surface area contributed by atoms with Gasteiger partial charge in [0.25, 0.3) is 0 Å². The van der Waals surface area contributed by atoms with E-state index in [0.29, 0.717) is 22.5 Å². The summed E-state index contributed by atoms with van der Waals surface area (Å²) in [6, 6.07) is 20.0. The van der Waals surface area contributed by atoms with Gasteiger partial charge >= 0.3 is 0 Å². The van der Waals surface area contributed by atoms with Crippen molar-refractivity contribution in [2.75, 3.05) is 0 Å². The summed E-state index contributed by atoms with van der Waals surface area (Å²) < 4.78 is 27.0. The van der Waals surface area contributed by atoms with Gasteiger partial charge in [-0.1, -0.05) is 36.4 Å². The number of nitrogens with zero attached hydrogens (tertiary/aromatic N) is 2. The van der Waals surface area contributed by atoms with Crippen LogP contribution in [0.2, 0.25) is 0 Å². The molecule has 0 aromatic heterocycles. The molecule has 0 aliphatic carbocycles. The average Bonchev–Trinajstić information content (AvgIpc) is 2.61. The third kappa shape index (κ3) is 3.98. The van der Waals surface area contributed by atoms with Gasteiger partial charge in [0.1, 0.15) is 11.6 Å². The molecule has 0 unspecified atom stereocenters. The third-order valence-electron chi connectivity index (χ3n) is 3.37. The maximum atomic E-state index is 13.5. The first-order valence-electron chi connectivity index (χ1n) is 7.39. The number of hydrogen-bond acceptors (Lipinski definition) is 2. The Morgan fingerprint density at radius 1 is 0.542 bits per heavy atom. The Morgan fingerprint density at radius 3 is 1.29 bits per heavy atom. The zero-order valence-corrected chi connectivity index (χ0v) is 12.7. The lowest BCUT2D eigenvalue weighted by Gasteiger charge is -1.98. The van der Waals surface area contributed by atoms with Crippen LogP contribution in [0.25, 0.3) is 0 Å². The predicted octanol–water partition coefficient (Wildman–Crippen LogP) is 5.47. The zero-order valence-electron chi connectivity index (χ0n) is 12.7. The molecule has 0 saturated carbocycles. The highest BCUT2D eigenvalue weighted by molar-refractivity contribution is 5.83. The Hall–Kier alpha value is -3.14. The lowest BCUT2D eigenvalue weighted by molar-refractivity contribution is 0.625. The standard InChI is InChI=1S/C20H14F2N2/c21-19-7-3-1-5-15(19)13-23-17-9-11-18(12-10-17)24-14-16-6-2-4-8-20(16)22/h1-14H. The molecule has 0 spiro atoms. The first-order valence-corrected chi connectivity index (χ1v) is 7.39. The van der Waals surface area contributed by atoms with Gasteiger partial charge in [-0.05, 0) is 36.4 Å². The molecule has 0 bridgehead atoms. The van der Waals surface area contributed by atoms with Gasteiger partial charge in [-0.3, -0.25) is 9.98 Å². The van der Waals surface area contributed by atoms with E-state index in [1.807, 2.05) is 0 Å². The van der Waals surface area contributed by atoms with Crippen molar-refractivity contribution >= 4 is 23.8 Å². The molecule has 4 heteroatoms. The quantitative estimate of drug-likeness (QED) is 0.570. The van der Waals surface area contributed by atoms with Crippen LogP contribution in [0.15, 0.2) is 82.8 Å². The summed E-state index contributed by atoms with van der Waals surface area (Å²) in [5.74, 6) is -0.625. The van der Waals surface area contributed by atoms with Crippen molar-refractivity contribution in [1.29, 1.82) is 0 Å². The largest absolute Gasteiger partial charge is 0.256 e. The van der Waals surface area contributed by atoms with Crippen LogP contribution in [-0.2, 0) is 0 Å². The fraction of sp³-hybridized carbons (Fsp3) is 0. The van der Waals surface area contributed by atoms with E-state index in [9.17, 15) is 8.78 Å². The van der Waals surface area contributed by atoms with E-state index in [1.54, 1.807) is 60.7 Å². The molecule has 0 N–H and O–H groups in total. The number of benzene rings is 3. The minimum Gasteiger partial charge on any atom is -0.256 e. The topological polar surface area (TPSA) is 24.7 Å². The molecule has 118 valence electrons. The first-order chi connectivity index (χ1) is 11.7. The van der Waals surface area contributed by atoms with Crippen LogP contribution in [0.1, 0.15) is 11.1 Å². The van der Waals surface area contributed by atoms with Gasteiger partial charge < -0.3 is 0 Å². The van der Waals surface area contributed by atoms with Crippen LogP contribution >= 0.6 is 0 Å². The molecule has 3 aromatic rings. The smallest absolute Gasteiger partial charge is 0.131 e. The van der Waals surface area contributed by atoms with Gasteiger partial charge in [0.05, 0.1) is 11.4 Å². The molecule has 3 rings (SSSR count). The molecule has 0 radical (unpaired) electrons. The van der Waals surface area contributed by atoms with Crippen LogP contribution < -0.4 is 0 Å². The molecule has 0 amide bonds. The molecule has 0 saturated heterocycles. The highest BCUT2D eigenvalue weighted by atomic mass is 19.1. The van der Waals surface area contributed by atoms with E-state index in [0.717, 1.165) is 0 Å². The Balaban J connectivity index is 1.72. The predicted molar refractivity (Wildman–Crippen MR) is 93.8 cm³/mol. The van der Waals surface area contributed by atoms with Gasteiger partial charge in [-0.15, -0.1) is 0 Å². The van der Waals surface area contributed by atoms with Gasteiger partial charge in [0.2, 0.25) is 0 Å². The van der Waals surface area contributed by atoms with E-state index >= 15 is 0 Å². The summed E-state index contributed by atoms with van der Waals surface area (Å²) in [7, 11) is 0. The number of aliphatic imine (C=N–C) groups is 2. The number of halogens is 2. The molecule has 0 aliphatic heterocycles. The minimum atomic E-state index is -0.313. The molecule has 3 aromatic carbocycles. The molecular formula is C20H14F2N2. The van der Waals surface area contributed by atoms with Crippen molar-refractivity contribution in [3.05, 3.63) is 95.6 Å². The highest BCUT2D eigenvalue weighted by Gasteiger charge is 1.98. The van der Waals surface area contributed by atoms with Crippen molar-refractivity contribution in [3.63, 3.8) is 0 Å². The van der Waals surface area contributed by atoms with Crippen molar-refractivity contribution in [2.24, 2.45) is 9.98 Å². The van der Waals surface area contributed by atoms with Crippen molar-refractivity contribution in [2.45, 2.75) is 0 Å². The molecule has 2 nitrogen and oxygen atoms in total. The molecule has 0 atom stereocenters. The van der Waals surface area contributed by atoms with Crippen LogP contribution in [0.3, 0.4) is 0 Å². The summed E-state index contributed by atoms with van der Waals surface area (Å²) in [5.41, 5.74) is 2.23. The summed E-state index contributed by atoms with van der Waals surface area (Å²) in [4.78, 5) is 8.47. The summed E-state index contributed by atoms with van der Waals surface area (Å²) in [5, 5.41) is 0. The van der Waals surface area contributed by atoms with E-state index in [1.165, 1.54) is 24.6 Å². The fourth-order valence-corrected chi connectivity index (χ4v) is 2.07. The van der Waals surface area contributed by atoms with Crippen molar-refractivity contribution in [1.82, 2.24) is 0 Å². The van der Waals surface area contributed by atoms with Crippen molar-refractivity contribution < 1.29 is 8.78 Å². The summed E-state index contributed by atoms with van der Waals surface area (Å²) in [6.45, 7) is 0. The van der Waals surface area contributed by atoms with Gasteiger partial charge in [0.15, 0.2) is 0 Å². The van der Waals surface area contributed by atoms with Crippen molar-refractivity contribution in [3.8, 4) is 0 Å². The normalized spacial score (nSPS) is 11.4. The SMILES string of the molecule is Fc1ccccc1C=Nc1ccc(N=Cc2ccccc2F)cc1. The van der Waals surface area contributed by atoms with E-state index < -0.39 is 0 Å². The van der Waals surface area contributed by atoms with Gasteiger partial charge in [-0.2, -0.15) is 0 Å². The van der Waals surface area contributed by atoms with Gasteiger partial charge in [0, 0.05) is 23.6 Å². The van der Waals surface area contributed by atoms with E-state index in [2.05, 4.69) is 9.98 Å². The second kappa shape index (κ2) is 7.42. The molecular weight excluding hydrogens is 306 g/mol. The Bertz CT molecular complexity index is 810. The van der Waals surface area contributed by atoms with Crippen LogP contribution in [0.4, 0.5) is 20.2 Å². The maximum Gasteiger partial charge on any atom is 0.131 e. The van der Waals surface area contributed by atoms with Crippen LogP contribution in [0.5, 0.6) is 0 Å². The Morgan fingerprint density at radius 2 is 0.917 bits per heavy atom. The zero-order chi connectivity index (χ0) is 16.8. The number of rotatable bonds is 4. The molecule has 24 heavy (non-hydrogen) atoms. The number of hydrogen-bond donors (Lipinski definition) is 0. The lowest BCUT2D eigenvalue weighted by Crippen LogP contribution is -1.86. The summed E-state index contributed by atoms with van der Waals surface area (Å²) >= 11 is 0. The lowest BCUT2D eigenvalue weighted by atomic mass is 10.2. The summed E-state index contributed by atoms with van der Waals surface area (Å²) in [6.07, 6.45) is 2.96. The second-order valence-electron chi connectivity index (χ2n) is 5.08. The molecule has 0 aliphatic rings. The maximum absolute atomic E-state index is 13.5. The Labute approximate surface area is 138 Å². The van der Waals surface area contributed by atoms with E-state index in [-0.39, 0.29) is 11.6 Å². The van der Waals surface area contributed by atoms with E-state index in [4.69, 9.17) is 0 Å². The minimum absolute atomic E-state index is 0.313. The van der Waals surface area contributed by atoms with Crippen LogP contribution in [-0.4, -0.2) is 12.4 Å².